The molecule has 0 aliphatic rings. The molecule has 0 aliphatic carbocycles. The standard InChI is InChI=1S/C13H19BrN2O2/c1-5-13(2,3)15(4)9-10-7-6-8-11(12(10)14)16(17)18/h6-8H,5,9H2,1-4H3. The maximum absolute atomic E-state index is 10.9. The van der Waals surface area contributed by atoms with Gasteiger partial charge in [0.05, 0.1) is 9.40 Å². The Balaban J connectivity index is 2.99. The molecule has 0 saturated carbocycles. The zero-order chi connectivity index (χ0) is 13.9. The number of hydrogen-bond acceptors (Lipinski definition) is 3. The Bertz CT molecular complexity index is 447. The van der Waals surface area contributed by atoms with Crippen LogP contribution in [0.25, 0.3) is 0 Å². The first-order chi connectivity index (χ1) is 8.29. The minimum atomic E-state index is -0.363. The van der Waals surface area contributed by atoms with Gasteiger partial charge in [-0.2, -0.15) is 0 Å². The summed E-state index contributed by atoms with van der Waals surface area (Å²) >= 11 is 3.33. The zero-order valence-corrected chi connectivity index (χ0v) is 12.8. The highest BCUT2D eigenvalue weighted by molar-refractivity contribution is 9.10. The topological polar surface area (TPSA) is 46.4 Å². The highest BCUT2D eigenvalue weighted by Crippen LogP contribution is 2.30. The first-order valence-corrected chi connectivity index (χ1v) is 6.72. The summed E-state index contributed by atoms with van der Waals surface area (Å²) < 4.78 is 0.578. The minimum Gasteiger partial charge on any atom is -0.297 e. The lowest BCUT2D eigenvalue weighted by atomic mass is 9.99. The van der Waals surface area contributed by atoms with Gasteiger partial charge in [0.15, 0.2) is 0 Å². The van der Waals surface area contributed by atoms with Gasteiger partial charge in [0.1, 0.15) is 0 Å². The smallest absolute Gasteiger partial charge is 0.283 e. The lowest BCUT2D eigenvalue weighted by molar-refractivity contribution is -0.385. The average molecular weight is 315 g/mol. The molecule has 0 fully saturated rings. The van der Waals surface area contributed by atoms with Gasteiger partial charge >= 0.3 is 0 Å². The van der Waals surface area contributed by atoms with Gasteiger partial charge in [0.2, 0.25) is 0 Å². The minimum absolute atomic E-state index is 0.0735. The van der Waals surface area contributed by atoms with Crippen LogP contribution in [0.4, 0.5) is 5.69 Å². The number of nitrogens with zero attached hydrogens (tertiary/aromatic N) is 2. The highest BCUT2D eigenvalue weighted by atomic mass is 79.9. The fourth-order valence-corrected chi connectivity index (χ4v) is 2.10. The molecule has 1 aromatic carbocycles. The fourth-order valence-electron chi connectivity index (χ4n) is 1.57. The molecule has 0 N–H and O–H groups in total. The molecule has 0 bridgehead atoms. The van der Waals surface area contributed by atoms with Crippen molar-refractivity contribution in [2.24, 2.45) is 0 Å². The van der Waals surface area contributed by atoms with E-state index in [4.69, 9.17) is 0 Å². The number of benzene rings is 1. The Hall–Kier alpha value is -0.940. The monoisotopic (exact) mass is 314 g/mol. The molecule has 0 aromatic heterocycles. The SMILES string of the molecule is CCC(C)(C)N(C)Cc1cccc([N+](=O)[O-])c1Br. The van der Waals surface area contributed by atoms with Crippen LogP contribution in [0.15, 0.2) is 22.7 Å². The van der Waals surface area contributed by atoms with E-state index in [1.54, 1.807) is 6.07 Å². The summed E-state index contributed by atoms with van der Waals surface area (Å²) in [5, 5.41) is 10.9. The quantitative estimate of drug-likeness (QED) is 0.610. The fraction of sp³-hybridized carbons (Fsp3) is 0.538. The molecule has 0 radical (unpaired) electrons. The Morgan fingerprint density at radius 1 is 1.44 bits per heavy atom. The predicted octanol–water partition coefficient (Wildman–Crippen LogP) is 3.98. The van der Waals surface area contributed by atoms with Gasteiger partial charge in [-0.15, -0.1) is 0 Å². The second-order valence-corrected chi connectivity index (χ2v) is 5.82. The molecule has 0 heterocycles. The molecule has 0 saturated heterocycles. The van der Waals surface area contributed by atoms with E-state index >= 15 is 0 Å². The van der Waals surface area contributed by atoms with Crippen molar-refractivity contribution in [3.63, 3.8) is 0 Å². The molecule has 0 amide bonds. The van der Waals surface area contributed by atoms with Crippen molar-refractivity contribution in [1.82, 2.24) is 4.90 Å². The molecule has 5 heteroatoms. The molecular formula is C13H19BrN2O2. The summed E-state index contributed by atoms with van der Waals surface area (Å²) in [6, 6.07) is 5.16. The van der Waals surface area contributed by atoms with E-state index in [0.29, 0.717) is 11.0 Å². The van der Waals surface area contributed by atoms with Gasteiger partial charge in [0.25, 0.3) is 5.69 Å². The third-order valence-corrected chi connectivity index (χ3v) is 4.48. The third-order valence-electron chi connectivity index (χ3n) is 3.56. The summed E-state index contributed by atoms with van der Waals surface area (Å²) in [5.41, 5.74) is 1.13. The van der Waals surface area contributed by atoms with E-state index in [9.17, 15) is 10.1 Å². The zero-order valence-electron chi connectivity index (χ0n) is 11.2. The van der Waals surface area contributed by atoms with Crippen molar-refractivity contribution in [2.75, 3.05) is 7.05 Å². The Morgan fingerprint density at radius 2 is 2.06 bits per heavy atom. The van der Waals surface area contributed by atoms with Crippen LogP contribution in [0.1, 0.15) is 32.8 Å². The molecule has 18 heavy (non-hydrogen) atoms. The van der Waals surface area contributed by atoms with Crippen LogP contribution < -0.4 is 0 Å². The van der Waals surface area contributed by atoms with Gasteiger partial charge < -0.3 is 0 Å². The van der Waals surface area contributed by atoms with Gasteiger partial charge in [0, 0.05) is 18.2 Å². The van der Waals surface area contributed by atoms with Crippen LogP contribution in [0.5, 0.6) is 0 Å². The summed E-state index contributed by atoms with van der Waals surface area (Å²) in [6.07, 6.45) is 1.02. The van der Waals surface area contributed by atoms with Crippen molar-refractivity contribution in [3.05, 3.63) is 38.3 Å². The van der Waals surface area contributed by atoms with Crippen molar-refractivity contribution in [1.29, 1.82) is 0 Å². The average Bonchev–Trinajstić information content (AvgIpc) is 2.31. The van der Waals surface area contributed by atoms with Crippen molar-refractivity contribution < 1.29 is 4.92 Å². The van der Waals surface area contributed by atoms with Crippen molar-refractivity contribution in [2.45, 2.75) is 39.3 Å². The lowest BCUT2D eigenvalue weighted by Crippen LogP contribution is -2.39. The first-order valence-electron chi connectivity index (χ1n) is 5.92. The second kappa shape index (κ2) is 5.80. The highest BCUT2D eigenvalue weighted by Gasteiger charge is 2.23. The number of nitro benzene ring substituents is 1. The van der Waals surface area contributed by atoms with Gasteiger partial charge in [-0.1, -0.05) is 19.1 Å². The summed E-state index contributed by atoms with van der Waals surface area (Å²) in [5.74, 6) is 0. The predicted molar refractivity (Wildman–Crippen MR) is 76.6 cm³/mol. The first kappa shape index (κ1) is 15.1. The van der Waals surface area contributed by atoms with E-state index in [-0.39, 0.29) is 16.1 Å². The van der Waals surface area contributed by atoms with Crippen LogP contribution in [-0.4, -0.2) is 22.4 Å². The van der Waals surface area contributed by atoms with E-state index in [0.717, 1.165) is 12.0 Å². The summed E-state index contributed by atoms with van der Waals surface area (Å²) in [4.78, 5) is 12.7. The summed E-state index contributed by atoms with van der Waals surface area (Å²) in [7, 11) is 2.04. The van der Waals surface area contributed by atoms with Crippen LogP contribution in [0, 0.1) is 10.1 Å². The molecule has 0 spiro atoms. The maximum Gasteiger partial charge on any atom is 0.283 e. The number of halogens is 1. The molecular weight excluding hydrogens is 296 g/mol. The molecule has 100 valence electrons. The third kappa shape index (κ3) is 3.29. The van der Waals surface area contributed by atoms with Gasteiger partial charge in [-0.05, 0) is 48.8 Å². The van der Waals surface area contributed by atoms with Crippen molar-refractivity contribution >= 4 is 21.6 Å². The van der Waals surface area contributed by atoms with Crippen LogP contribution >= 0.6 is 15.9 Å². The number of rotatable bonds is 5. The van der Waals surface area contributed by atoms with Crippen LogP contribution in [0.3, 0.4) is 0 Å². The Morgan fingerprint density at radius 3 is 2.56 bits per heavy atom. The Kier molecular flexibility index (Phi) is 4.87. The second-order valence-electron chi connectivity index (χ2n) is 5.03. The number of nitro groups is 1. The molecule has 0 aliphatic heterocycles. The Labute approximate surface area is 116 Å². The largest absolute Gasteiger partial charge is 0.297 e. The van der Waals surface area contributed by atoms with Crippen LogP contribution in [0.2, 0.25) is 0 Å². The van der Waals surface area contributed by atoms with E-state index in [1.165, 1.54) is 6.07 Å². The lowest BCUT2D eigenvalue weighted by Gasteiger charge is -2.35. The molecule has 0 unspecified atom stereocenters. The normalized spacial score (nSPS) is 11.9. The summed E-state index contributed by atoms with van der Waals surface area (Å²) in [6.45, 7) is 7.15. The van der Waals surface area contributed by atoms with E-state index in [1.807, 2.05) is 13.1 Å². The molecule has 0 atom stereocenters. The number of hydrogen-bond donors (Lipinski definition) is 0. The molecule has 1 rings (SSSR count). The molecule has 1 aromatic rings. The maximum atomic E-state index is 10.9. The van der Waals surface area contributed by atoms with E-state index in [2.05, 4.69) is 41.6 Å². The van der Waals surface area contributed by atoms with Gasteiger partial charge in [-0.3, -0.25) is 15.0 Å². The van der Waals surface area contributed by atoms with Gasteiger partial charge in [-0.25, -0.2) is 0 Å². The van der Waals surface area contributed by atoms with E-state index < -0.39 is 0 Å². The van der Waals surface area contributed by atoms with Crippen LogP contribution in [-0.2, 0) is 6.54 Å². The molecule has 4 nitrogen and oxygen atoms in total. The van der Waals surface area contributed by atoms with Crippen molar-refractivity contribution in [3.8, 4) is 0 Å².